The topological polar surface area (TPSA) is 67.4 Å². The molecule has 3 rings (SSSR count). The Bertz CT molecular complexity index is 788. The molecule has 0 radical (unpaired) electrons. The van der Waals surface area contributed by atoms with Crippen LogP contribution in [-0.2, 0) is 14.3 Å². The maximum Gasteiger partial charge on any atom is 0.250 e. The summed E-state index contributed by atoms with van der Waals surface area (Å²) in [5.74, 6) is 0.0973. The van der Waals surface area contributed by atoms with Crippen LogP contribution in [0.1, 0.15) is 23.5 Å². The predicted octanol–water partition coefficient (Wildman–Crippen LogP) is 3.32. The highest BCUT2D eigenvalue weighted by atomic mass is 16.5. The average molecular weight is 338 g/mol. The maximum absolute atomic E-state index is 12.5. The zero-order chi connectivity index (χ0) is 17.8. The monoisotopic (exact) mass is 338 g/mol. The number of ether oxygens (including phenoxy) is 1. The first-order chi connectivity index (χ1) is 12.1. The summed E-state index contributed by atoms with van der Waals surface area (Å²) >= 11 is 0. The molecule has 25 heavy (non-hydrogen) atoms. The Hall–Kier alpha value is -2.66. The largest absolute Gasteiger partial charge is 0.375 e. The van der Waals surface area contributed by atoms with Crippen LogP contribution < -0.4 is 10.6 Å². The summed E-state index contributed by atoms with van der Waals surface area (Å²) in [5.41, 5.74) is 3.79. The van der Waals surface area contributed by atoms with Crippen LogP contribution in [0.3, 0.4) is 0 Å². The number of nitrogens with one attached hydrogen (secondary N) is 2. The highest BCUT2D eigenvalue weighted by Crippen LogP contribution is 2.48. The fourth-order valence-electron chi connectivity index (χ4n) is 3.07. The van der Waals surface area contributed by atoms with Gasteiger partial charge in [0.2, 0.25) is 11.8 Å². The van der Waals surface area contributed by atoms with Crippen molar-refractivity contribution in [2.24, 2.45) is 5.92 Å². The molecule has 2 N–H and O–H groups in total. The van der Waals surface area contributed by atoms with Crippen molar-refractivity contribution >= 4 is 23.2 Å². The SMILES string of the molecule is COCC(=O)Nc1cccc(NC(=O)[C@@H]2C[C@H]2c2ccccc2C)c1. The fraction of sp³-hybridized carbons (Fsp3) is 0.300. The molecule has 5 nitrogen and oxygen atoms in total. The van der Waals surface area contributed by atoms with Crippen molar-refractivity contribution in [3.05, 3.63) is 59.7 Å². The molecule has 2 aromatic rings. The Balaban J connectivity index is 1.61. The molecule has 2 amide bonds. The van der Waals surface area contributed by atoms with E-state index in [-0.39, 0.29) is 24.3 Å². The van der Waals surface area contributed by atoms with Crippen LogP contribution in [0.4, 0.5) is 11.4 Å². The number of hydrogen-bond donors (Lipinski definition) is 2. The Kier molecular flexibility index (Phi) is 5.14. The van der Waals surface area contributed by atoms with Crippen LogP contribution in [0.25, 0.3) is 0 Å². The van der Waals surface area contributed by atoms with Gasteiger partial charge >= 0.3 is 0 Å². The lowest BCUT2D eigenvalue weighted by molar-refractivity contribution is -0.119. The Labute approximate surface area is 147 Å². The highest BCUT2D eigenvalue weighted by Gasteiger charge is 2.44. The van der Waals surface area contributed by atoms with Crippen molar-refractivity contribution in [3.8, 4) is 0 Å². The minimum Gasteiger partial charge on any atom is -0.375 e. The van der Waals surface area contributed by atoms with Gasteiger partial charge in [0.05, 0.1) is 0 Å². The average Bonchev–Trinajstić information content (AvgIpc) is 3.36. The van der Waals surface area contributed by atoms with Gasteiger partial charge in [-0.3, -0.25) is 9.59 Å². The van der Waals surface area contributed by atoms with Gasteiger partial charge in [-0.15, -0.1) is 0 Å². The van der Waals surface area contributed by atoms with Crippen molar-refractivity contribution < 1.29 is 14.3 Å². The number of methoxy groups -OCH3 is 1. The lowest BCUT2D eigenvalue weighted by Crippen LogP contribution is -2.18. The molecule has 0 spiro atoms. The third kappa shape index (κ3) is 4.25. The van der Waals surface area contributed by atoms with Gasteiger partial charge in [-0.2, -0.15) is 0 Å². The molecular formula is C20H22N2O3. The Morgan fingerprint density at radius 1 is 1.08 bits per heavy atom. The zero-order valence-corrected chi connectivity index (χ0v) is 14.4. The second-order valence-electron chi connectivity index (χ2n) is 6.36. The summed E-state index contributed by atoms with van der Waals surface area (Å²) in [6.45, 7) is 2.07. The van der Waals surface area contributed by atoms with Crippen LogP contribution >= 0.6 is 0 Å². The summed E-state index contributed by atoms with van der Waals surface area (Å²) < 4.78 is 4.79. The smallest absolute Gasteiger partial charge is 0.250 e. The maximum atomic E-state index is 12.5. The Morgan fingerprint density at radius 3 is 2.52 bits per heavy atom. The second kappa shape index (κ2) is 7.49. The van der Waals surface area contributed by atoms with Crippen molar-refractivity contribution in [2.45, 2.75) is 19.3 Å². The lowest BCUT2D eigenvalue weighted by Gasteiger charge is -2.09. The van der Waals surface area contributed by atoms with E-state index in [9.17, 15) is 9.59 Å². The van der Waals surface area contributed by atoms with E-state index in [1.165, 1.54) is 18.2 Å². The number of hydrogen-bond acceptors (Lipinski definition) is 3. The summed E-state index contributed by atoms with van der Waals surface area (Å²) in [4.78, 5) is 24.1. The van der Waals surface area contributed by atoms with Gasteiger partial charge in [0.25, 0.3) is 0 Å². The van der Waals surface area contributed by atoms with E-state index in [4.69, 9.17) is 4.74 Å². The summed E-state index contributed by atoms with van der Waals surface area (Å²) in [5, 5.41) is 5.68. The zero-order valence-electron chi connectivity index (χ0n) is 14.4. The van der Waals surface area contributed by atoms with E-state index < -0.39 is 0 Å². The summed E-state index contributed by atoms with van der Waals surface area (Å²) in [6, 6.07) is 15.3. The van der Waals surface area contributed by atoms with Gasteiger partial charge in [-0.05, 0) is 48.6 Å². The van der Waals surface area contributed by atoms with E-state index >= 15 is 0 Å². The number of amides is 2. The van der Waals surface area contributed by atoms with Crippen molar-refractivity contribution in [1.29, 1.82) is 0 Å². The minimum absolute atomic E-state index is 0.00321. The molecule has 1 aliphatic carbocycles. The van der Waals surface area contributed by atoms with Crippen molar-refractivity contribution in [2.75, 3.05) is 24.4 Å². The van der Waals surface area contributed by atoms with E-state index in [0.29, 0.717) is 17.3 Å². The molecule has 5 heteroatoms. The molecule has 1 fully saturated rings. The molecule has 0 heterocycles. The quantitative estimate of drug-likeness (QED) is 0.849. The number of benzene rings is 2. The second-order valence-corrected chi connectivity index (χ2v) is 6.36. The van der Waals surface area contributed by atoms with Crippen LogP contribution in [-0.4, -0.2) is 25.5 Å². The molecule has 0 aliphatic heterocycles. The summed E-state index contributed by atoms with van der Waals surface area (Å²) in [6.07, 6.45) is 0.876. The van der Waals surface area contributed by atoms with Crippen LogP contribution in [0, 0.1) is 12.8 Å². The number of rotatable bonds is 6. The number of aryl methyl sites for hydroxylation is 1. The highest BCUT2D eigenvalue weighted by molar-refractivity contribution is 5.97. The molecule has 0 bridgehead atoms. The first kappa shape index (κ1) is 17.2. The molecule has 0 unspecified atom stereocenters. The molecule has 0 aromatic heterocycles. The van der Waals surface area contributed by atoms with Gasteiger partial charge in [-0.1, -0.05) is 30.3 Å². The third-order valence-corrected chi connectivity index (χ3v) is 4.40. The summed E-state index contributed by atoms with van der Waals surface area (Å²) in [7, 11) is 1.47. The predicted molar refractivity (Wildman–Crippen MR) is 97.6 cm³/mol. The Morgan fingerprint density at radius 2 is 1.80 bits per heavy atom. The van der Waals surface area contributed by atoms with Crippen LogP contribution in [0.5, 0.6) is 0 Å². The molecular weight excluding hydrogens is 316 g/mol. The molecule has 1 saturated carbocycles. The van der Waals surface area contributed by atoms with Crippen LogP contribution in [0.2, 0.25) is 0 Å². The number of carbonyl (C=O) groups excluding carboxylic acids is 2. The number of carbonyl (C=O) groups is 2. The van der Waals surface area contributed by atoms with Gasteiger partial charge in [-0.25, -0.2) is 0 Å². The van der Waals surface area contributed by atoms with Gasteiger partial charge in [0.1, 0.15) is 6.61 Å². The standard InChI is InChI=1S/C20H22N2O3/c1-13-6-3-4-9-16(13)17-11-18(17)20(24)22-15-8-5-7-14(10-15)21-19(23)12-25-2/h3-10,17-18H,11-12H2,1-2H3,(H,21,23)(H,22,24)/t17-,18+/m0/s1. The third-order valence-electron chi connectivity index (χ3n) is 4.40. The van der Waals surface area contributed by atoms with E-state index in [1.807, 2.05) is 18.2 Å². The molecule has 2 aromatic carbocycles. The van der Waals surface area contributed by atoms with E-state index in [2.05, 4.69) is 29.7 Å². The normalized spacial score (nSPS) is 18.5. The van der Waals surface area contributed by atoms with Crippen LogP contribution in [0.15, 0.2) is 48.5 Å². The van der Waals surface area contributed by atoms with Gasteiger partial charge < -0.3 is 15.4 Å². The number of anilines is 2. The molecule has 0 saturated heterocycles. The van der Waals surface area contributed by atoms with E-state index in [0.717, 1.165) is 6.42 Å². The minimum atomic E-state index is -0.229. The van der Waals surface area contributed by atoms with Crippen molar-refractivity contribution in [3.63, 3.8) is 0 Å². The van der Waals surface area contributed by atoms with Gasteiger partial charge in [0.15, 0.2) is 0 Å². The van der Waals surface area contributed by atoms with Gasteiger partial charge in [0, 0.05) is 24.4 Å². The molecule has 1 aliphatic rings. The molecule has 2 atom stereocenters. The molecule has 130 valence electrons. The first-order valence-electron chi connectivity index (χ1n) is 8.33. The lowest BCUT2D eigenvalue weighted by atomic mass is 10.0. The van der Waals surface area contributed by atoms with Crippen molar-refractivity contribution in [1.82, 2.24) is 0 Å². The fourth-order valence-corrected chi connectivity index (χ4v) is 3.07. The van der Waals surface area contributed by atoms with E-state index in [1.54, 1.807) is 18.2 Å². The first-order valence-corrected chi connectivity index (χ1v) is 8.33.